The molecule has 1 unspecified atom stereocenters. The molecule has 2 heteroatoms. The van der Waals surface area contributed by atoms with Gasteiger partial charge in [-0.05, 0) is 30.9 Å². The Morgan fingerprint density at radius 3 is 3.13 bits per heavy atom. The number of benzene rings is 1. The van der Waals surface area contributed by atoms with Crippen LogP contribution in [0.2, 0.25) is 0 Å². The van der Waals surface area contributed by atoms with Crippen LogP contribution in [-0.2, 0) is 11.2 Å². The first-order valence-electron chi connectivity index (χ1n) is 5.83. The Bertz CT molecular complexity index is 284. The molecule has 0 aromatic heterocycles. The van der Waals surface area contributed by atoms with Crippen molar-refractivity contribution in [2.45, 2.75) is 32.3 Å². The number of hydrogen-bond acceptors (Lipinski definition) is 2. The third-order valence-corrected chi connectivity index (χ3v) is 2.83. The number of fused-ring (bicyclic) bond motifs is 1. The molecule has 1 aliphatic rings. The summed E-state index contributed by atoms with van der Waals surface area (Å²) in [4.78, 5) is 0. The summed E-state index contributed by atoms with van der Waals surface area (Å²) in [6.45, 7) is 3.97. The molecular formula is C13H19NO. The van der Waals surface area contributed by atoms with Crippen LogP contribution in [0.1, 0.15) is 25.3 Å². The molecule has 1 heterocycles. The Morgan fingerprint density at radius 1 is 1.40 bits per heavy atom. The minimum absolute atomic E-state index is 0.373. The first-order valence-corrected chi connectivity index (χ1v) is 5.83. The SMILES string of the molecule is CCCOC1CCc2ccccc2NC1. The minimum Gasteiger partial charge on any atom is -0.382 e. The molecule has 2 nitrogen and oxygen atoms in total. The van der Waals surface area contributed by atoms with Crippen LogP contribution in [-0.4, -0.2) is 19.3 Å². The van der Waals surface area contributed by atoms with Gasteiger partial charge < -0.3 is 10.1 Å². The summed E-state index contributed by atoms with van der Waals surface area (Å²) in [5, 5.41) is 3.46. The average molecular weight is 205 g/mol. The highest BCUT2D eigenvalue weighted by Crippen LogP contribution is 2.21. The summed E-state index contributed by atoms with van der Waals surface area (Å²) in [6.07, 6.45) is 3.72. The van der Waals surface area contributed by atoms with Gasteiger partial charge in [-0.25, -0.2) is 0 Å². The van der Waals surface area contributed by atoms with E-state index in [1.807, 2.05) is 0 Å². The first-order chi connectivity index (χ1) is 7.40. The lowest BCUT2D eigenvalue weighted by atomic mass is 10.1. The maximum Gasteiger partial charge on any atom is 0.0750 e. The zero-order chi connectivity index (χ0) is 10.5. The molecule has 0 amide bonds. The second-order valence-corrected chi connectivity index (χ2v) is 4.07. The van der Waals surface area contributed by atoms with Crippen LogP contribution in [0.25, 0.3) is 0 Å². The molecule has 0 spiro atoms. The van der Waals surface area contributed by atoms with Crippen molar-refractivity contribution in [3.05, 3.63) is 29.8 Å². The largest absolute Gasteiger partial charge is 0.382 e. The van der Waals surface area contributed by atoms with Crippen LogP contribution in [0.5, 0.6) is 0 Å². The third kappa shape index (κ3) is 2.72. The van der Waals surface area contributed by atoms with Gasteiger partial charge in [0.2, 0.25) is 0 Å². The molecule has 1 aliphatic heterocycles. The molecular weight excluding hydrogens is 186 g/mol. The Balaban J connectivity index is 1.96. The van der Waals surface area contributed by atoms with Crippen LogP contribution in [0.15, 0.2) is 24.3 Å². The molecule has 0 saturated heterocycles. The van der Waals surface area contributed by atoms with Crippen molar-refractivity contribution in [2.75, 3.05) is 18.5 Å². The number of aryl methyl sites for hydroxylation is 1. The number of nitrogens with one attached hydrogen (secondary N) is 1. The van der Waals surface area contributed by atoms with E-state index in [2.05, 4.69) is 36.5 Å². The fourth-order valence-electron chi connectivity index (χ4n) is 1.98. The molecule has 0 fully saturated rings. The smallest absolute Gasteiger partial charge is 0.0750 e. The maximum atomic E-state index is 5.78. The summed E-state index contributed by atoms with van der Waals surface area (Å²) in [5.41, 5.74) is 2.69. The van der Waals surface area contributed by atoms with Crippen molar-refractivity contribution in [1.29, 1.82) is 0 Å². The molecule has 1 aromatic rings. The van der Waals surface area contributed by atoms with Crippen molar-refractivity contribution >= 4 is 5.69 Å². The van der Waals surface area contributed by atoms with Gasteiger partial charge in [-0.2, -0.15) is 0 Å². The van der Waals surface area contributed by atoms with Crippen molar-refractivity contribution in [3.63, 3.8) is 0 Å². The van der Waals surface area contributed by atoms with Gasteiger partial charge in [0.25, 0.3) is 0 Å². The quantitative estimate of drug-likeness (QED) is 0.819. The monoisotopic (exact) mass is 205 g/mol. The molecule has 82 valence electrons. The maximum absolute atomic E-state index is 5.78. The van der Waals surface area contributed by atoms with Gasteiger partial charge in [-0.1, -0.05) is 25.1 Å². The summed E-state index contributed by atoms with van der Waals surface area (Å²) < 4.78 is 5.78. The number of hydrogen-bond donors (Lipinski definition) is 1. The average Bonchev–Trinajstić information content (AvgIpc) is 2.49. The van der Waals surface area contributed by atoms with Crippen molar-refractivity contribution in [3.8, 4) is 0 Å². The summed E-state index contributed by atoms with van der Waals surface area (Å²) >= 11 is 0. The van der Waals surface area contributed by atoms with E-state index in [1.54, 1.807) is 0 Å². The topological polar surface area (TPSA) is 21.3 Å². The highest BCUT2D eigenvalue weighted by Gasteiger charge is 2.14. The molecule has 0 radical (unpaired) electrons. The Morgan fingerprint density at radius 2 is 2.27 bits per heavy atom. The van der Waals surface area contributed by atoms with Crippen LogP contribution < -0.4 is 5.32 Å². The van der Waals surface area contributed by atoms with Crippen LogP contribution >= 0.6 is 0 Å². The standard InChI is InChI=1S/C13H19NO/c1-2-9-15-12-8-7-11-5-3-4-6-13(11)14-10-12/h3-6,12,14H,2,7-10H2,1H3. The lowest BCUT2D eigenvalue weighted by Crippen LogP contribution is -2.22. The fraction of sp³-hybridized carbons (Fsp3) is 0.538. The van der Waals surface area contributed by atoms with Gasteiger partial charge in [0.1, 0.15) is 0 Å². The molecule has 0 saturated carbocycles. The highest BCUT2D eigenvalue weighted by atomic mass is 16.5. The molecule has 15 heavy (non-hydrogen) atoms. The van der Waals surface area contributed by atoms with Crippen LogP contribution in [0.3, 0.4) is 0 Å². The number of para-hydroxylation sites is 1. The molecule has 2 rings (SSSR count). The third-order valence-electron chi connectivity index (χ3n) is 2.83. The second kappa shape index (κ2) is 5.17. The van der Waals surface area contributed by atoms with Gasteiger partial charge in [0.05, 0.1) is 6.10 Å². The van der Waals surface area contributed by atoms with E-state index in [-0.39, 0.29) is 0 Å². The predicted molar refractivity (Wildman–Crippen MR) is 63.3 cm³/mol. The van der Waals surface area contributed by atoms with E-state index in [0.29, 0.717) is 6.10 Å². The Labute approximate surface area is 91.6 Å². The van der Waals surface area contributed by atoms with Gasteiger partial charge in [0, 0.05) is 18.8 Å². The van der Waals surface area contributed by atoms with Crippen molar-refractivity contribution < 1.29 is 4.74 Å². The lowest BCUT2D eigenvalue weighted by molar-refractivity contribution is 0.0579. The minimum atomic E-state index is 0.373. The predicted octanol–water partition coefficient (Wildman–Crippen LogP) is 2.84. The summed E-state index contributed by atoms with van der Waals surface area (Å²) in [7, 11) is 0. The molecule has 1 N–H and O–H groups in total. The van der Waals surface area contributed by atoms with E-state index in [9.17, 15) is 0 Å². The Hall–Kier alpha value is -1.02. The lowest BCUT2D eigenvalue weighted by Gasteiger charge is -2.14. The first kappa shape index (κ1) is 10.5. The van der Waals surface area contributed by atoms with Gasteiger partial charge in [-0.15, -0.1) is 0 Å². The van der Waals surface area contributed by atoms with Gasteiger partial charge >= 0.3 is 0 Å². The van der Waals surface area contributed by atoms with Gasteiger partial charge in [0.15, 0.2) is 0 Å². The molecule has 0 bridgehead atoms. The van der Waals surface area contributed by atoms with Crippen LogP contribution in [0.4, 0.5) is 5.69 Å². The normalized spacial score (nSPS) is 20.2. The molecule has 1 aromatic carbocycles. The zero-order valence-corrected chi connectivity index (χ0v) is 9.33. The van der Waals surface area contributed by atoms with E-state index in [0.717, 1.165) is 32.4 Å². The van der Waals surface area contributed by atoms with Gasteiger partial charge in [-0.3, -0.25) is 0 Å². The fourth-order valence-corrected chi connectivity index (χ4v) is 1.98. The number of anilines is 1. The van der Waals surface area contributed by atoms with E-state index in [1.165, 1.54) is 11.3 Å². The molecule has 1 atom stereocenters. The Kier molecular flexibility index (Phi) is 3.62. The summed E-state index contributed by atoms with van der Waals surface area (Å²) in [5.74, 6) is 0. The number of rotatable bonds is 3. The van der Waals surface area contributed by atoms with Crippen molar-refractivity contribution in [1.82, 2.24) is 0 Å². The number of ether oxygens (including phenoxy) is 1. The molecule has 0 aliphatic carbocycles. The highest BCUT2D eigenvalue weighted by molar-refractivity contribution is 5.51. The van der Waals surface area contributed by atoms with Crippen molar-refractivity contribution in [2.24, 2.45) is 0 Å². The summed E-state index contributed by atoms with van der Waals surface area (Å²) in [6, 6.07) is 8.54. The zero-order valence-electron chi connectivity index (χ0n) is 9.33. The van der Waals surface area contributed by atoms with E-state index in [4.69, 9.17) is 4.74 Å². The van der Waals surface area contributed by atoms with Crippen LogP contribution in [0, 0.1) is 0 Å². The van der Waals surface area contributed by atoms with E-state index >= 15 is 0 Å². The second-order valence-electron chi connectivity index (χ2n) is 4.07. The van der Waals surface area contributed by atoms with E-state index < -0.39 is 0 Å².